The Morgan fingerprint density at radius 3 is 2.50 bits per heavy atom. The fraction of sp³-hybridized carbons (Fsp3) is 0.235. The third-order valence-corrected chi connectivity index (χ3v) is 3.58. The molecule has 1 saturated heterocycles. The summed E-state index contributed by atoms with van der Waals surface area (Å²) in [5.74, 6) is 0.681. The van der Waals surface area contributed by atoms with Crippen molar-refractivity contribution in [3.05, 3.63) is 60.2 Å². The minimum Gasteiger partial charge on any atom is -0.495 e. The van der Waals surface area contributed by atoms with Crippen LogP contribution in [0.25, 0.3) is 0 Å². The van der Waals surface area contributed by atoms with E-state index in [1.807, 2.05) is 54.6 Å². The van der Waals surface area contributed by atoms with Crippen molar-refractivity contribution in [2.45, 2.75) is 6.61 Å². The second-order valence-corrected chi connectivity index (χ2v) is 4.97. The van der Waals surface area contributed by atoms with Gasteiger partial charge in [0.15, 0.2) is 0 Å². The minimum absolute atomic E-state index is 0.166. The molecule has 22 heavy (non-hydrogen) atoms. The van der Waals surface area contributed by atoms with Crippen molar-refractivity contribution in [2.24, 2.45) is 0 Å². The Morgan fingerprint density at radius 1 is 1.00 bits per heavy atom. The highest BCUT2D eigenvalue weighted by Crippen LogP contribution is 2.30. The summed E-state index contributed by atoms with van der Waals surface area (Å²) in [7, 11) is 1.60. The van der Waals surface area contributed by atoms with Gasteiger partial charge >= 0.3 is 6.03 Å². The van der Waals surface area contributed by atoms with Gasteiger partial charge in [-0.2, -0.15) is 0 Å². The van der Waals surface area contributed by atoms with Gasteiger partial charge in [-0.15, -0.1) is 0 Å². The van der Waals surface area contributed by atoms with Gasteiger partial charge in [-0.25, -0.2) is 9.86 Å². The van der Waals surface area contributed by atoms with Crippen molar-refractivity contribution < 1.29 is 14.4 Å². The van der Waals surface area contributed by atoms with Crippen molar-refractivity contribution in [2.75, 3.05) is 25.1 Å². The molecule has 114 valence electrons. The number of carbonyl (C=O) groups is 1. The van der Waals surface area contributed by atoms with E-state index in [2.05, 4.69) is 0 Å². The minimum atomic E-state index is -0.166. The van der Waals surface area contributed by atoms with Crippen LogP contribution in [0.1, 0.15) is 5.56 Å². The number of rotatable bonds is 5. The SMILES string of the molecule is COc1ccccc1N1CCN(OCc2ccccc2)C1=O. The molecule has 0 unspecified atom stereocenters. The van der Waals surface area contributed by atoms with E-state index in [1.54, 1.807) is 12.0 Å². The Morgan fingerprint density at radius 2 is 1.73 bits per heavy atom. The lowest BCUT2D eigenvalue weighted by molar-refractivity contribution is -0.114. The summed E-state index contributed by atoms with van der Waals surface area (Å²) in [5.41, 5.74) is 1.80. The average molecular weight is 298 g/mol. The van der Waals surface area contributed by atoms with E-state index >= 15 is 0 Å². The molecule has 2 amide bonds. The van der Waals surface area contributed by atoms with Crippen LogP contribution >= 0.6 is 0 Å². The zero-order valence-corrected chi connectivity index (χ0v) is 12.4. The number of carbonyl (C=O) groups excluding carboxylic acids is 1. The van der Waals surface area contributed by atoms with Crippen LogP contribution in [-0.2, 0) is 11.4 Å². The van der Waals surface area contributed by atoms with E-state index in [0.717, 1.165) is 11.3 Å². The first kappa shape index (κ1) is 14.4. The van der Waals surface area contributed by atoms with Crippen molar-refractivity contribution in [3.63, 3.8) is 0 Å². The van der Waals surface area contributed by atoms with Crippen LogP contribution in [0.5, 0.6) is 5.75 Å². The number of para-hydroxylation sites is 2. The first-order chi connectivity index (χ1) is 10.8. The maximum Gasteiger partial charge on any atom is 0.348 e. The van der Waals surface area contributed by atoms with Gasteiger partial charge in [0.25, 0.3) is 0 Å². The number of amides is 2. The lowest BCUT2D eigenvalue weighted by Crippen LogP contribution is -2.32. The third kappa shape index (κ3) is 2.89. The second kappa shape index (κ2) is 6.49. The monoisotopic (exact) mass is 298 g/mol. The van der Waals surface area contributed by atoms with Crippen molar-refractivity contribution in [1.29, 1.82) is 0 Å². The number of benzene rings is 2. The first-order valence-corrected chi connectivity index (χ1v) is 7.18. The molecule has 1 heterocycles. The normalized spacial score (nSPS) is 14.5. The van der Waals surface area contributed by atoms with E-state index in [1.165, 1.54) is 5.06 Å². The van der Waals surface area contributed by atoms with E-state index in [-0.39, 0.29) is 6.03 Å². The number of methoxy groups -OCH3 is 1. The summed E-state index contributed by atoms with van der Waals surface area (Å²) >= 11 is 0. The van der Waals surface area contributed by atoms with Crippen molar-refractivity contribution in [1.82, 2.24) is 5.06 Å². The number of ether oxygens (including phenoxy) is 1. The number of anilines is 1. The molecule has 0 bridgehead atoms. The molecule has 2 aromatic rings. The molecule has 0 saturated carbocycles. The highest BCUT2D eigenvalue weighted by atomic mass is 16.7. The van der Waals surface area contributed by atoms with Gasteiger partial charge in [0.1, 0.15) is 12.4 Å². The van der Waals surface area contributed by atoms with Gasteiger partial charge in [0.2, 0.25) is 0 Å². The van der Waals surface area contributed by atoms with Crippen LogP contribution in [-0.4, -0.2) is 31.3 Å². The fourth-order valence-corrected chi connectivity index (χ4v) is 2.44. The Hall–Kier alpha value is -2.53. The predicted molar refractivity (Wildman–Crippen MR) is 83.7 cm³/mol. The molecule has 2 aromatic carbocycles. The van der Waals surface area contributed by atoms with E-state index < -0.39 is 0 Å². The summed E-state index contributed by atoms with van der Waals surface area (Å²) in [5, 5.41) is 1.40. The Kier molecular flexibility index (Phi) is 4.25. The Balaban J connectivity index is 1.67. The average Bonchev–Trinajstić information content (AvgIpc) is 2.94. The largest absolute Gasteiger partial charge is 0.495 e. The van der Waals surface area contributed by atoms with Crippen LogP contribution in [0, 0.1) is 0 Å². The molecular formula is C17H18N2O3. The van der Waals surface area contributed by atoms with Gasteiger partial charge in [-0.1, -0.05) is 42.5 Å². The number of hydrogen-bond donors (Lipinski definition) is 0. The van der Waals surface area contributed by atoms with E-state index in [0.29, 0.717) is 25.4 Å². The molecule has 1 aliphatic rings. The van der Waals surface area contributed by atoms with Crippen molar-refractivity contribution >= 4 is 11.7 Å². The van der Waals surface area contributed by atoms with Gasteiger partial charge in [-0.3, -0.25) is 9.74 Å². The standard InChI is InChI=1S/C17H18N2O3/c1-21-16-10-6-5-9-15(16)18-11-12-19(17(18)20)22-13-14-7-3-2-4-8-14/h2-10H,11-13H2,1H3. The molecule has 5 nitrogen and oxygen atoms in total. The van der Waals surface area contributed by atoms with E-state index in [9.17, 15) is 4.79 Å². The zero-order chi connectivity index (χ0) is 15.4. The molecule has 0 aromatic heterocycles. The highest BCUT2D eigenvalue weighted by molar-refractivity contribution is 5.94. The summed E-state index contributed by atoms with van der Waals surface area (Å²) in [4.78, 5) is 19.8. The Labute approximate surface area is 129 Å². The van der Waals surface area contributed by atoms with Gasteiger partial charge in [0, 0.05) is 6.54 Å². The Bertz CT molecular complexity index is 645. The number of urea groups is 1. The van der Waals surface area contributed by atoms with Crippen LogP contribution in [0.3, 0.4) is 0 Å². The highest BCUT2D eigenvalue weighted by Gasteiger charge is 2.32. The van der Waals surface area contributed by atoms with Crippen LogP contribution in [0.15, 0.2) is 54.6 Å². The second-order valence-electron chi connectivity index (χ2n) is 4.97. The molecule has 0 aliphatic carbocycles. The quantitative estimate of drug-likeness (QED) is 0.852. The predicted octanol–water partition coefficient (Wildman–Crippen LogP) is 3.07. The topological polar surface area (TPSA) is 42.0 Å². The summed E-state index contributed by atoms with van der Waals surface area (Å²) in [6, 6.07) is 17.1. The maximum absolute atomic E-state index is 12.5. The van der Waals surface area contributed by atoms with Crippen LogP contribution in [0.2, 0.25) is 0 Å². The first-order valence-electron chi connectivity index (χ1n) is 7.18. The molecule has 5 heteroatoms. The molecule has 1 fully saturated rings. The smallest absolute Gasteiger partial charge is 0.348 e. The summed E-state index contributed by atoms with van der Waals surface area (Å²) in [6.07, 6.45) is 0. The summed E-state index contributed by atoms with van der Waals surface area (Å²) < 4.78 is 5.32. The van der Waals surface area contributed by atoms with Crippen molar-refractivity contribution in [3.8, 4) is 5.75 Å². The number of hydrogen-bond acceptors (Lipinski definition) is 3. The summed E-state index contributed by atoms with van der Waals surface area (Å²) in [6.45, 7) is 1.49. The molecule has 0 radical (unpaired) electrons. The molecule has 0 atom stereocenters. The molecule has 0 spiro atoms. The fourth-order valence-electron chi connectivity index (χ4n) is 2.44. The molecule has 1 aliphatic heterocycles. The van der Waals surface area contributed by atoms with E-state index in [4.69, 9.17) is 9.57 Å². The van der Waals surface area contributed by atoms with Gasteiger partial charge in [0.05, 0.1) is 19.3 Å². The lowest BCUT2D eigenvalue weighted by atomic mass is 10.2. The van der Waals surface area contributed by atoms with Gasteiger partial charge < -0.3 is 4.74 Å². The van der Waals surface area contributed by atoms with Crippen LogP contribution in [0.4, 0.5) is 10.5 Å². The van der Waals surface area contributed by atoms with Gasteiger partial charge in [-0.05, 0) is 17.7 Å². The third-order valence-electron chi connectivity index (χ3n) is 3.58. The zero-order valence-electron chi connectivity index (χ0n) is 12.4. The molecule has 3 rings (SSSR count). The number of hydroxylamine groups is 2. The molecular weight excluding hydrogens is 280 g/mol. The molecule has 0 N–H and O–H groups in total. The maximum atomic E-state index is 12.5. The van der Waals surface area contributed by atoms with Crippen LogP contribution < -0.4 is 9.64 Å². The lowest BCUT2D eigenvalue weighted by Gasteiger charge is -2.20. The number of nitrogens with zero attached hydrogens (tertiary/aromatic N) is 2.